The van der Waals surface area contributed by atoms with Gasteiger partial charge in [-0.05, 0) is 29.8 Å². The molecule has 1 aliphatic rings. The van der Waals surface area contributed by atoms with Gasteiger partial charge in [-0.25, -0.2) is 0 Å². The Kier molecular flexibility index (Phi) is 5.26. The first-order chi connectivity index (χ1) is 11.3. The van der Waals surface area contributed by atoms with Crippen LogP contribution >= 0.6 is 0 Å². The van der Waals surface area contributed by atoms with Crippen LogP contribution in [0, 0.1) is 0 Å². The molecule has 1 N–H and O–H groups in total. The first-order valence-corrected chi connectivity index (χ1v) is 8.38. The molecule has 0 radical (unpaired) electrons. The number of fused-ring (bicyclic) bond motifs is 1. The zero-order chi connectivity index (χ0) is 16.1. The number of ether oxygens (including phenoxy) is 1. The lowest BCUT2D eigenvalue weighted by Gasteiger charge is -2.32. The van der Waals surface area contributed by atoms with Gasteiger partial charge < -0.3 is 10.1 Å². The Balaban J connectivity index is 1.57. The summed E-state index contributed by atoms with van der Waals surface area (Å²) in [6.45, 7) is 6.63. The third kappa shape index (κ3) is 3.89. The smallest absolute Gasteiger partial charge is 0.251 e. The summed E-state index contributed by atoms with van der Waals surface area (Å²) in [5.74, 6) is -0.00930. The van der Waals surface area contributed by atoms with E-state index in [1.807, 2.05) is 42.5 Å². The molecule has 1 atom stereocenters. The van der Waals surface area contributed by atoms with E-state index in [9.17, 15) is 4.79 Å². The molecule has 1 amide bonds. The van der Waals surface area contributed by atoms with E-state index in [0.29, 0.717) is 6.54 Å². The third-order valence-electron chi connectivity index (χ3n) is 4.46. The topological polar surface area (TPSA) is 41.6 Å². The van der Waals surface area contributed by atoms with E-state index in [1.165, 1.54) is 0 Å². The molecule has 23 heavy (non-hydrogen) atoms. The Labute approximate surface area is 137 Å². The minimum absolute atomic E-state index is 0.00930. The highest BCUT2D eigenvalue weighted by Crippen LogP contribution is 2.18. The van der Waals surface area contributed by atoms with Crippen LogP contribution in [0.1, 0.15) is 23.7 Å². The SMILES string of the molecule is CCN1CCO[C@H](CCNC(=O)c2cccc3ccccc23)C1. The van der Waals surface area contributed by atoms with E-state index in [0.717, 1.165) is 49.0 Å². The number of benzene rings is 2. The van der Waals surface area contributed by atoms with Crippen LogP contribution in [0.25, 0.3) is 10.8 Å². The maximum atomic E-state index is 12.5. The van der Waals surface area contributed by atoms with Crippen LogP contribution in [0.4, 0.5) is 0 Å². The second-order valence-corrected chi connectivity index (χ2v) is 5.96. The summed E-state index contributed by atoms with van der Waals surface area (Å²) in [4.78, 5) is 14.8. The summed E-state index contributed by atoms with van der Waals surface area (Å²) >= 11 is 0. The van der Waals surface area contributed by atoms with E-state index in [-0.39, 0.29) is 12.0 Å². The number of carbonyl (C=O) groups excluding carboxylic acids is 1. The van der Waals surface area contributed by atoms with Gasteiger partial charge in [-0.2, -0.15) is 0 Å². The summed E-state index contributed by atoms with van der Waals surface area (Å²) in [6.07, 6.45) is 1.07. The van der Waals surface area contributed by atoms with Gasteiger partial charge in [0.15, 0.2) is 0 Å². The maximum Gasteiger partial charge on any atom is 0.251 e. The molecule has 0 aliphatic carbocycles. The van der Waals surface area contributed by atoms with Crippen molar-refractivity contribution in [3.8, 4) is 0 Å². The molecule has 2 aromatic rings. The molecule has 1 fully saturated rings. The van der Waals surface area contributed by atoms with Crippen molar-refractivity contribution in [2.45, 2.75) is 19.4 Å². The van der Waals surface area contributed by atoms with Crippen molar-refractivity contribution in [2.24, 2.45) is 0 Å². The molecule has 1 aliphatic heterocycles. The van der Waals surface area contributed by atoms with E-state index in [4.69, 9.17) is 4.74 Å². The van der Waals surface area contributed by atoms with Gasteiger partial charge in [0.2, 0.25) is 0 Å². The lowest BCUT2D eigenvalue weighted by Crippen LogP contribution is -2.43. The minimum Gasteiger partial charge on any atom is -0.375 e. The lowest BCUT2D eigenvalue weighted by molar-refractivity contribution is -0.0296. The summed E-state index contributed by atoms with van der Waals surface area (Å²) in [5.41, 5.74) is 0.739. The number of likely N-dealkylation sites (N-methyl/N-ethyl adjacent to an activating group) is 1. The van der Waals surface area contributed by atoms with Crippen molar-refractivity contribution in [3.05, 3.63) is 48.0 Å². The normalized spacial score (nSPS) is 18.9. The zero-order valence-corrected chi connectivity index (χ0v) is 13.6. The molecule has 0 bridgehead atoms. The summed E-state index contributed by atoms with van der Waals surface area (Å²) < 4.78 is 5.77. The van der Waals surface area contributed by atoms with Crippen molar-refractivity contribution < 1.29 is 9.53 Å². The van der Waals surface area contributed by atoms with Crippen LogP contribution in [0.2, 0.25) is 0 Å². The largest absolute Gasteiger partial charge is 0.375 e. The fraction of sp³-hybridized carbons (Fsp3) is 0.421. The molecule has 122 valence electrons. The fourth-order valence-corrected chi connectivity index (χ4v) is 3.11. The van der Waals surface area contributed by atoms with Gasteiger partial charge in [-0.15, -0.1) is 0 Å². The first-order valence-electron chi connectivity index (χ1n) is 8.38. The van der Waals surface area contributed by atoms with Gasteiger partial charge in [-0.1, -0.05) is 43.3 Å². The van der Waals surface area contributed by atoms with Crippen LogP contribution in [0.15, 0.2) is 42.5 Å². The van der Waals surface area contributed by atoms with Crippen LogP contribution in [-0.4, -0.2) is 49.7 Å². The number of morpholine rings is 1. The Bertz CT molecular complexity index is 666. The minimum atomic E-state index is -0.00930. The predicted molar refractivity (Wildman–Crippen MR) is 92.8 cm³/mol. The van der Waals surface area contributed by atoms with Gasteiger partial charge in [0.25, 0.3) is 5.91 Å². The van der Waals surface area contributed by atoms with Gasteiger partial charge in [0.1, 0.15) is 0 Å². The Morgan fingerprint density at radius 1 is 1.26 bits per heavy atom. The molecule has 0 spiro atoms. The number of carbonyl (C=O) groups is 1. The molecule has 0 unspecified atom stereocenters. The van der Waals surface area contributed by atoms with E-state index < -0.39 is 0 Å². The number of nitrogens with one attached hydrogen (secondary N) is 1. The molecule has 0 saturated carbocycles. The standard InChI is InChI=1S/C19H24N2O2/c1-2-21-12-13-23-16(14-21)10-11-20-19(22)18-9-5-7-15-6-3-4-8-17(15)18/h3-9,16H,2,10-14H2,1H3,(H,20,22)/t16-/m1/s1. The maximum absolute atomic E-state index is 12.5. The van der Waals surface area contributed by atoms with Crippen molar-refractivity contribution in [1.82, 2.24) is 10.2 Å². The molecule has 4 nitrogen and oxygen atoms in total. The Morgan fingerprint density at radius 2 is 2.09 bits per heavy atom. The number of hydrogen-bond acceptors (Lipinski definition) is 3. The second-order valence-electron chi connectivity index (χ2n) is 5.96. The molecule has 0 aromatic heterocycles. The average molecular weight is 312 g/mol. The number of amides is 1. The molecule has 4 heteroatoms. The fourth-order valence-electron chi connectivity index (χ4n) is 3.11. The Hall–Kier alpha value is -1.91. The van der Waals surface area contributed by atoms with Gasteiger partial charge >= 0.3 is 0 Å². The number of rotatable bonds is 5. The first kappa shape index (κ1) is 16.0. The van der Waals surface area contributed by atoms with Crippen LogP contribution < -0.4 is 5.32 Å². The van der Waals surface area contributed by atoms with Gasteiger partial charge in [-0.3, -0.25) is 9.69 Å². The van der Waals surface area contributed by atoms with Crippen molar-refractivity contribution >= 4 is 16.7 Å². The molecule has 2 aromatic carbocycles. The zero-order valence-electron chi connectivity index (χ0n) is 13.6. The van der Waals surface area contributed by atoms with Crippen molar-refractivity contribution in [2.75, 3.05) is 32.8 Å². The second kappa shape index (κ2) is 7.57. The molecular formula is C19H24N2O2. The highest BCUT2D eigenvalue weighted by atomic mass is 16.5. The monoisotopic (exact) mass is 312 g/mol. The predicted octanol–water partition coefficient (Wildman–Crippen LogP) is 2.68. The summed E-state index contributed by atoms with van der Waals surface area (Å²) in [7, 11) is 0. The van der Waals surface area contributed by atoms with Crippen LogP contribution in [0.3, 0.4) is 0 Å². The molecule has 1 heterocycles. The third-order valence-corrected chi connectivity index (χ3v) is 4.46. The lowest BCUT2D eigenvalue weighted by atomic mass is 10.0. The van der Waals surface area contributed by atoms with Crippen LogP contribution in [0.5, 0.6) is 0 Å². The number of nitrogens with zero attached hydrogens (tertiary/aromatic N) is 1. The van der Waals surface area contributed by atoms with Crippen molar-refractivity contribution in [1.29, 1.82) is 0 Å². The van der Waals surface area contributed by atoms with Crippen molar-refractivity contribution in [3.63, 3.8) is 0 Å². The molecular weight excluding hydrogens is 288 g/mol. The van der Waals surface area contributed by atoms with Crippen LogP contribution in [-0.2, 0) is 4.74 Å². The van der Waals surface area contributed by atoms with E-state index >= 15 is 0 Å². The highest BCUT2D eigenvalue weighted by molar-refractivity contribution is 6.06. The molecule has 1 saturated heterocycles. The van der Waals surface area contributed by atoms with Gasteiger partial charge in [0, 0.05) is 25.2 Å². The van der Waals surface area contributed by atoms with Gasteiger partial charge in [0.05, 0.1) is 12.7 Å². The average Bonchev–Trinajstić information content (AvgIpc) is 2.61. The number of hydrogen-bond donors (Lipinski definition) is 1. The van der Waals surface area contributed by atoms with E-state index in [2.05, 4.69) is 17.1 Å². The highest BCUT2D eigenvalue weighted by Gasteiger charge is 2.19. The summed E-state index contributed by atoms with van der Waals surface area (Å²) in [5, 5.41) is 5.12. The summed E-state index contributed by atoms with van der Waals surface area (Å²) in [6, 6.07) is 13.8. The van der Waals surface area contributed by atoms with E-state index in [1.54, 1.807) is 0 Å². The molecule has 3 rings (SSSR count). The quantitative estimate of drug-likeness (QED) is 0.923. The Morgan fingerprint density at radius 3 is 2.96 bits per heavy atom.